The second-order valence-corrected chi connectivity index (χ2v) is 4.25. The fourth-order valence-electron chi connectivity index (χ4n) is 1.04. The van der Waals surface area contributed by atoms with Crippen LogP contribution in [-0.2, 0) is 11.2 Å². The van der Waals surface area contributed by atoms with Crippen molar-refractivity contribution in [2.24, 2.45) is 5.73 Å². The molecule has 0 fully saturated rings. The van der Waals surface area contributed by atoms with E-state index in [1.165, 1.54) is 0 Å². The SMILES string of the molecule is Cc1nc(CCNC(C)C(N)=O)cs1. The first-order chi connectivity index (χ1) is 6.59. The zero-order chi connectivity index (χ0) is 10.6. The lowest BCUT2D eigenvalue weighted by atomic mass is 10.3. The molecule has 0 saturated heterocycles. The van der Waals surface area contributed by atoms with Gasteiger partial charge in [0.25, 0.3) is 0 Å². The maximum atomic E-state index is 10.7. The largest absolute Gasteiger partial charge is 0.368 e. The highest BCUT2D eigenvalue weighted by molar-refractivity contribution is 7.09. The van der Waals surface area contributed by atoms with Crippen LogP contribution >= 0.6 is 11.3 Å². The van der Waals surface area contributed by atoms with Crippen LogP contribution in [0.4, 0.5) is 0 Å². The number of hydrogen-bond donors (Lipinski definition) is 2. The average molecular weight is 213 g/mol. The summed E-state index contributed by atoms with van der Waals surface area (Å²) in [5.41, 5.74) is 6.17. The Morgan fingerprint density at radius 3 is 3.00 bits per heavy atom. The Morgan fingerprint density at radius 2 is 2.50 bits per heavy atom. The zero-order valence-electron chi connectivity index (χ0n) is 8.41. The summed E-state index contributed by atoms with van der Waals surface area (Å²) in [4.78, 5) is 15.0. The number of nitrogens with one attached hydrogen (secondary N) is 1. The third-order valence-corrected chi connectivity index (χ3v) is 2.75. The second kappa shape index (κ2) is 5.07. The quantitative estimate of drug-likeness (QED) is 0.746. The maximum absolute atomic E-state index is 10.7. The Labute approximate surface area is 87.5 Å². The summed E-state index contributed by atoms with van der Waals surface area (Å²) in [7, 11) is 0. The molecule has 3 N–H and O–H groups in total. The van der Waals surface area contributed by atoms with Crippen LogP contribution in [0.1, 0.15) is 17.6 Å². The highest BCUT2D eigenvalue weighted by Crippen LogP contribution is 2.07. The predicted molar refractivity (Wildman–Crippen MR) is 57.2 cm³/mol. The van der Waals surface area contributed by atoms with Crippen LogP contribution in [0, 0.1) is 6.92 Å². The molecule has 0 aliphatic heterocycles. The highest BCUT2D eigenvalue weighted by atomic mass is 32.1. The summed E-state index contributed by atoms with van der Waals surface area (Å²) in [5.74, 6) is -0.320. The van der Waals surface area contributed by atoms with Crippen LogP contribution in [0.2, 0.25) is 0 Å². The molecule has 1 aromatic rings. The topological polar surface area (TPSA) is 68.0 Å². The van der Waals surface area contributed by atoms with Crippen molar-refractivity contribution in [1.82, 2.24) is 10.3 Å². The fraction of sp³-hybridized carbons (Fsp3) is 0.556. The standard InChI is InChI=1S/C9H15N3OS/c1-6(9(10)13)11-4-3-8-5-14-7(2)12-8/h5-6,11H,3-4H2,1-2H3,(H2,10,13). The molecular weight excluding hydrogens is 198 g/mol. The summed E-state index contributed by atoms with van der Waals surface area (Å²) < 4.78 is 0. The molecule has 14 heavy (non-hydrogen) atoms. The Morgan fingerprint density at radius 1 is 1.79 bits per heavy atom. The van der Waals surface area contributed by atoms with Crippen LogP contribution < -0.4 is 11.1 Å². The van der Waals surface area contributed by atoms with Gasteiger partial charge in [-0.05, 0) is 13.8 Å². The van der Waals surface area contributed by atoms with Gasteiger partial charge in [0.2, 0.25) is 5.91 Å². The van der Waals surface area contributed by atoms with Crippen LogP contribution in [-0.4, -0.2) is 23.5 Å². The summed E-state index contributed by atoms with van der Waals surface area (Å²) in [6.07, 6.45) is 0.835. The van der Waals surface area contributed by atoms with E-state index in [0.29, 0.717) is 0 Å². The minimum absolute atomic E-state index is 0.269. The molecule has 78 valence electrons. The van der Waals surface area contributed by atoms with E-state index in [0.717, 1.165) is 23.7 Å². The van der Waals surface area contributed by atoms with Crippen LogP contribution in [0.15, 0.2) is 5.38 Å². The van der Waals surface area contributed by atoms with Gasteiger partial charge in [0.15, 0.2) is 0 Å². The fourth-order valence-corrected chi connectivity index (χ4v) is 1.69. The van der Waals surface area contributed by atoms with E-state index < -0.39 is 0 Å². The molecule has 0 aliphatic carbocycles. The molecular formula is C9H15N3OS. The molecule has 0 saturated carbocycles. The second-order valence-electron chi connectivity index (χ2n) is 3.19. The number of thiazole rings is 1. The lowest BCUT2D eigenvalue weighted by Gasteiger charge is -2.08. The maximum Gasteiger partial charge on any atom is 0.234 e. The third kappa shape index (κ3) is 3.43. The number of aromatic nitrogens is 1. The van der Waals surface area contributed by atoms with Crippen molar-refractivity contribution in [2.45, 2.75) is 26.3 Å². The van der Waals surface area contributed by atoms with Crippen LogP contribution in [0.3, 0.4) is 0 Å². The van der Waals surface area contributed by atoms with E-state index in [4.69, 9.17) is 5.73 Å². The Balaban J connectivity index is 2.25. The van der Waals surface area contributed by atoms with Gasteiger partial charge in [-0.1, -0.05) is 0 Å². The molecule has 1 heterocycles. The minimum Gasteiger partial charge on any atom is -0.368 e. The van der Waals surface area contributed by atoms with E-state index in [1.54, 1.807) is 18.3 Å². The zero-order valence-corrected chi connectivity index (χ0v) is 9.23. The molecule has 1 atom stereocenters. The summed E-state index contributed by atoms with van der Waals surface area (Å²) in [6.45, 7) is 4.47. The van der Waals surface area contributed by atoms with Crippen molar-refractivity contribution in [1.29, 1.82) is 0 Å². The van der Waals surface area contributed by atoms with Crippen LogP contribution in [0.5, 0.6) is 0 Å². The van der Waals surface area contributed by atoms with Gasteiger partial charge < -0.3 is 11.1 Å². The number of nitrogens with two attached hydrogens (primary N) is 1. The summed E-state index contributed by atoms with van der Waals surface area (Å²) in [6, 6.07) is -0.269. The van der Waals surface area contributed by atoms with E-state index in [-0.39, 0.29) is 11.9 Å². The molecule has 0 aromatic carbocycles. The normalized spacial score (nSPS) is 12.7. The molecule has 5 heteroatoms. The Bertz CT molecular complexity index is 311. The van der Waals surface area contributed by atoms with Gasteiger partial charge in [-0.3, -0.25) is 4.79 Å². The van der Waals surface area contributed by atoms with Gasteiger partial charge in [-0.2, -0.15) is 0 Å². The summed E-state index contributed by atoms with van der Waals surface area (Å²) >= 11 is 1.64. The lowest BCUT2D eigenvalue weighted by molar-refractivity contribution is -0.119. The molecule has 1 amide bonds. The summed E-state index contributed by atoms with van der Waals surface area (Å²) in [5, 5.41) is 6.14. The van der Waals surface area contributed by atoms with E-state index in [1.807, 2.05) is 12.3 Å². The van der Waals surface area contributed by atoms with E-state index in [2.05, 4.69) is 10.3 Å². The molecule has 0 radical (unpaired) electrons. The number of nitrogens with zero attached hydrogens (tertiary/aromatic N) is 1. The van der Waals surface area contributed by atoms with Gasteiger partial charge in [0.05, 0.1) is 16.7 Å². The predicted octanol–water partition coefficient (Wildman–Crippen LogP) is 0.457. The van der Waals surface area contributed by atoms with Crippen molar-refractivity contribution < 1.29 is 4.79 Å². The molecule has 1 rings (SSSR count). The molecule has 4 nitrogen and oxygen atoms in total. The molecule has 1 aromatic heterocycles. The van der Waals surface area contributed by atoms with Crippen molar-refractivity contribution in [2.75, 3.05) is 6.54 Å². The highest BCUT2D eigenvalue weighted by Gasteiger charge is 2.06. The van der Waals surface area contributed by atoms with Gasteiger partial charge in [0, 0.05) is 18.3 Å². The number of rotatable bonds is 5. The number of carbonyl (C=O) groups excluding carboxylic acids is 1. The molecule has 0 spiro atoms. The number of hydrogen-bond acceptors (Lipinski definition) is 4. The van der Waals surface area contributed by atoms with Crippen molar-refractivity contribution in [3.05, 3.63) is 16.1 Å². The first kappa shape index (κ1) is 11.1. The monoisotopic (exact) mass is 213 g/mol. The third-order valence-electron chi connectivity index (χ3n) is 1.93. The Kier molecular flexibility index (Phi) is 4.03. The van der Waals surface area contributed by atoms with Crippen molar-refractivity contribution >= 4 is 17.2 Å². The van der Waals surface area contributed by atoms with Crippen LogP contribution in [0.25, 0.3) is 0 Å². The van der Waals surface area contributed by atoms with Gasteiger partial charge in [-0.25, -0.2) is 4.98 Å². The minimum atomic E-state index is -0.320. The van der Waals surface area contributed by atoms with Gasteiger partial charge in [0.1, 0.15) is 0 Å². The van der Waals surface area contributed by atoms with E-state index >= 15 is 0 Å². The first-order valence-corrected chi connectivity index (χ1v) is 5.41. The number of primary amides is 1. The van der Waals surface area contributed by atoms with Gasteiger partial charge in [-0.15, -0.1) is 11.3 Å². The van der Waals surface area contributed by atoms with Gasteiger partial charge >= 0.3 is 0 Å². The first-order valence-electron chi connectivity index (χ1n) is 4.53. The molecule has 1 unspecified atom stereocenters. The van der Waals surface area contributed by atoms with Crippen molar-refractivity contribution in [3.63, 3.8) is 0 Å². The Hall–Kier alpha value is -0.940. The molecule has 0 aliphatic rings. The number of aryl methyl sites for hydroxylation is 1. The number of carbonyl (C=O) groups is 1. The van der Waals surface area contributed by atoms with E-state index in [9.17, 15) is 4.79 Å². The van der Waals surface area contributed by atoms with Crippen molar-refractivity contribution in [3.8, 4) is 0 Å². The number of amides is 1. The molecule has 0 bridgehead atoms. The smallest absolute Gasteiger partial charge is 0.234 e. The lowest BCUT2D eigenvalue weighted by Crippen LogP contribution is -2.39. The average Bonchev–Trinajstić information content (AvgIpc) is 2.51.